The van der Waals surface area contributed by atoms with Crippen molar-refractivity contribution in [3.05, 3.63) is 0 Å². The smallest absolute Gasteiger partial charge is 0.0849 e. The van der Waals surface area contributed by atoms with Crippen molar-refractivity contribution in [3.63, 3.8) is 0 Å². The Labute approximate surface area is 80.3 Å². The standard InChI is InChI=1S/C10H21NO2/c1-3-10(2,12)7-13-9-6-4-5-8(9)11/h8-9,12H,3-7,11H2,1-2H3. The summed E-state index contributed by atoms with van der Waals surface area (Å²) in [6.45, 7) is 4.16. The van der Waals surface area contributed by atoms with Gasteiger partial charge in [-0.3, -0.25) is 0 Å². The predicted octanol–water partition coefficient (Wildman–Crippen LogP) is 1.04. The second-order valence-electron chi connectivity index (χ2n) is 4.29. The molecule has 1 fully saturated rings. The first-order valence-corrected chi connectivity index (χ1v) is 5.15. The molecule has 0 aliphatic heterocycles. The van der Waals surface area contributed by atoms with Crippen LogP contribution < -0.4 is 5.73 Å². The van der Waals surface area contributed by atoms with Gasteiger partial charge < -0.3 is 15.6 Å². The summed E-state index contributed by atoms with van der Waals surface area (Å²) >= 11 is 0. The summed E-state index contributed by atoms with van der Waals surface area (Å²) in [5, 5.41) is 9.70. The van der Waals surface area contributed by atoms with Gasteiger partial charge in [-0.1, -0.05) is 6.92 Å². The van der Waals surface area contributed by atoms with Gasteiger partial charge in [0.05, 0.1) is 18.3 Å². The third kappa shape index (κ3) is 3.25. The average molecular weight is 187 g/mol. The molecule has 3 N–H and O–H groups in total. The van der Waals surface area contributed by atoms with E-state index in [0.29, 0.717) is 6.61 Å². The van der Waals surface area contributed by atoms with E-state index in [-0.39, 0.29) is 12.1 Å². The second kappa shape index (κ2) is 4.40. The molecule has 13 heavy (non-hydrogen) atoms. The van der Waals surface area contributed by atoms with Crippen LogP contribution in [0.5, 0.6) is 0 Å². The molecule has 0 aromatic rings. The van der Waals surface area contributed by atoms with Crippen molar-refractivity contribution >= 4 is 0 Å². The van der Waals surface area contributed by atoms with Crippen LogP contribution >= 0.6 is 0 Å². The highest BCUT2D eigenvalue weighted by Gasteiger charge is 2.27. The summed E-state index contributed by atoms with van der Waals surface area (Å²) in [4.78, 5) is 0. The van der Waals surface area contributed by atoms with Gasteiger partial charge in [0.15, 0.2) is 0 Å². The largest absolute Gasteiger partial charge is 0.388 e. The minimum atomic E-state index is -0.692. The van der Waals surface area contributed by atoms with Crippen molar-refractivity contribution in [2.24, 2.45) is 5.73 Å². The molecule has 0 amide bonds. The Bertz CT molecular complexity index is 159. The van der Waals surface area contributed by atoms with Crippen molar-refractivity contribution in [1.29, 1.82) is 0 Å². The van der Waals surface area contributed by atoms with Crippen LogP contribution in [0.2, 0.25) is 0 Å². The molecule has 0 bridgehead atoms. The van der Waals surface area contributed by atoms with Crippen LogP contribution in [0.4, 0.5) is 0 Å². The van der Waals surface area contributed by atoms with Crippen molar-refractivity contribution in [2.75, 3.05) is 6.61 Å². The van der Waals surface area contributed by atoms with Crippen molar-refractivity contribution in [3.8, 4) is 0 Å². The Hall–Kier alpha value is -0.120. The normalized spacial score (nSPS) is 33.2. The topological polar surface area (TPSA) is 55.5 Å². The lowest BCUT2D eigenvalue weighted by molar-refractivity contribution is -0.0660. The Morgan fingerprint density at radius 3 is 2.69 bits per heavy atom. The molecule has 0 spiro atoms. The number of hydrogen-bond acceptors (Lipinski definition) is 3. The molecule has 0 aromatic carbocycles. The maximum atomic E-state index is 9.70. The molecule has 3 atom stereocenters. The van der Waals surface area contributed by atoms with Gasteiger partial charge in [-0.25, -0.2) is 0 Å². The Kier molecular flexibility index (Phi) is 3.71. The van der Waals surface area contributed by atoms with Crippen LogP contribution in [0.15, 0.2) is 0 Å². The molecule has 1 aliphatic carbocycles. The molecule has 0 aromatic heterocycles. The van der Waals surface area contributed by atoms with Crippen LogP contribution in [-0.2, 0) is 4.74 Å². The molecular weight excluding hydrogens is 166 g/mol. The van der Waals surface area contributed by atoms with Crippen LogP contribution in [0.3, 0.4) is 0 Å². The van der Waals surface area contributed by atoms with E-state index in [2.05, 4.69) is 0 Å². The van der Waals surface area contributed by atoms with Gasteiger partial charge in [-0.05, 0) is 32.6 Å². The fourth-order valence-corrected chi connectivity index (χ4v) is 1.55. The highest BCUT2D eigenvalue weighted by atomic mass is 16.5. The van der Waals surface area contributed by atoms with E-state index in [1.165, 1.54) is 0 Å². The van der Waals surface area contributed by atoms with Crippen LogP contribution in [0, 0.1) is 0 Å². The molecular formula is C10H21NO2. The number of rotatable bonds is 4. The van der Waals surface area contributed by atoms with Gasteiger partial charge in [0.2, 0.25) is 0 Å². The molecule has 1 aliphatic rings. The molecule has 0 heterocycles. The first kappa shape index (κ1) is 11.0. The number of hydrogen-bond donors (Lipinski definition) is 2. The molecule has 1 saturated carbocycles. The number of ether oxygens (including phenoxy) is 1. The second-order valence-corrected chi connectivity index (χ2v) is 4.29. The summed E-state index contributed by atoms with van der Waals surface area (Å²) in [6, 6.07) is 0.174. The molecule has 0 radical (unpaired) electrons. The van der Waals surface area contributed by atoms with Crippen LogP contribution in [0.1, 0.15) is 39.5 Å². The zero-order valence-electron chi connectivity index (χ0n) is 8.62. The zero-order valence-corrected chi connectivity index (χ0v) is 8.62. The number of nitrogens with two attached hydrogens (primary N) is 1. The minimum absolute atomic E-state index is 0.165. The fraction of sp³-hybridized carbons (Fsp3) is 1.00. The SMILES string of the molecule is CCC(C)(O)COC1CCCC1N. The Morgan fingerprint density at radius 1 is 1.54 bits per heavy atom. The quantitative estimate of drug-likeness (QED) is 0.691. The summed E-state index contributed by atoms with van der Waals surface area (Å²) in [5.74, 6) is 0. The van der Waals surface area contributed by atoms with Gasteiger partial charge in [0.25, 0.3) is 0 Å². The Morgan fingerprint density at radius 2 is 2.23 bits per heavy atom. The van der Waals surface area contributed by atoms with Crippen molar-refractivity contribution < 1.29 is 9.84 Å². The maximum Gasteiger partial charge on any atom is 0.0849 e. The lowest BCUT2D eigenvalue weighted by Gasteiger charge is -2.25. The highest BCUT2D eigenvalue weighted by Crippen LogP contribution is 2.22. The van der Waals surface area contributed by atoms with Gasteiger partial charge in [-0.2, -0.15) is 0 Å². The summed E-state index contributed by atoms with van der Waals surface area (Å²) in [6.07, 6.45) is 4.13. The zero-order chi connectivity index (χ0) is 9.90. The van der Waals surface area contributed by atoms with E-state index >= 15 is 0 Å². The monoisotopic (exact) mass is 187 g/mol. The summed E-state index contributed by atoms with van der Waals surface area (Å²) in [5.41, 5.74) is 5.15. The van der Waals surface area contributed by atoms with Gasteiger partial charge >= 0.3 is 0 Å². The third-order valence-electron chi connectivity index (χ3n) is 2.87. The predicted molar refractivity (Wildman–Crippen MR) is 52.5 cm³/mol. The maximum absolute atomic E-state index is 9.70. The molecule has 78 valence electrons. The molecule has 0 saturated heterocycles. The van der Waals surface area contributed by atoms with E-state index in [9.17, 15) is 5.11 Å². The van der Waals surface area contributed by atoms with Crippen LogP contribution in [0.25, 0.3) is 0 Å². The lowest BCUT2D eigenvalue weighted by atomic mass is 10.1. The van der Waals surface area contributed by atoms with Crippen molar-refractivity contribution in [1.82, 2.24) is 0 Å². The van der Waals surface area contributed by atoms with E-state index < -0.39 is 5.60 Å². The fourth-order valence-electron chi connectivity index (χ4n) is 1.55. The first-order chi connectivity index (χ1) is 6.05. The average Bonchev–Trinajstić information content (AvgIpc) is 2.48. The van der Waals surface area contributed by atoms with Gasteiger partial charge in [0.1, 0.15) is 0 Å². The third-order valence-corrected chi connectivity index (χ3v) is 2.87. The summed E-state index contributed by atoms with van der Waals surface area (Å²) < 4.78 is 5.60. The molecule has 3 unspecified atom stereocenters. The minimum Gasteiger partial charge on any atom is -0.388 e. The van der Waals surface area contributed by atoms with Crippen LogP contribution in [-0.4, -0.2) is 29.5 Å². The number of aliphatic hydroxyl groups is 1. The van der Waals surface area contributed by atoms with Gasteiger partial charge in [0, 0.05) is 6.04 Å². The van der Waals surface area contributed by atoms with E-state index in [0.717, 1.165) is 25.7 Å². The summed E-state index contributed by atoms with van der Waals surface area (Å²) in [7, 11) is 0. The van der Waals surface area contributed by atoms with E-state index in [1.54, 1.807) is 6.92 Å². The van der Waals surface area contributed by atoms with Gasteiger partial charge in [-0.15, -0.1) is 0 Å². The molecule has 3 nitrogen and oxygen atoms in total. The van der Waals surface area contributed by atoms with E-state index in [1.807, 2.05) is 6.92 Å². The highest BCUT2D eigenvalue weighted by molar-refractivity contribution is 4.82. The molecule has 3 heteroatoms. The van der Waals surface area contributed by atoms with E-state index in [4.69, 9.17) is 10.5 Å². The first-order valence-electron chi connectivity index (χ1n) is 5.15. The lowest BCUT2D eigenvalue weighted by Crippen LogP contribution is -2.37. The Balaban J connectivity index is 2.25. The van der Waals surface area contributed by atoms with Crippen molar-refractivity contribution in [2.45, 2.75) is 57.3 Å². The molecule has 1 rings (SSSR count).